The fourth-order valence-electron chi connectivity index (χ4n) is 2.84. The molecule has 0 aliphatic heterocycles. The third-order valence-corrected chi connectivity index (χ3v) is 4.37. The van der Waals surface area contributed by atoms with Crippen LogP contribution < -0.4 is 0 Å². The first kappa shape index (κ1) is 20.7. The van der Waals surface area contributed by atoms with Crippen molar-refractivity contribution in [1.82, 2.24) is 0 Å². The fraction of sp³-hybridized carbons (Fsp3) is 0.667. The minimum absolute atomic E-state index is 0.101. The second-order valence-electron chi connectivity index (χ2n) is 6.55. The molecule has 0 radical (unpaired) electrons. The van der Waals surface area contributed by atoms with Gasteiger partial charge >= 0.3 is 5.97 Å². The van der Waals surface area contributed by atoms with Crippen LogP contribution in [-0.2, 0) is 4.74 Å². The Morgan fingerprint density at radius 1 is 0.917 bits per heavy atom. The van der Waals surface area contributed by atoms with E-state index in [1.54, 1.807) is 12.1 Å². The molecule has 0 fully saturated rings. The van der Waals surface area contributed by atoms with Gasteiger partial charge in [0.1, 0.15) is 6.10 Å². The van der Waals surface area contributed by atoms with E-state index in [1.807, 2.05) is 18.2 Å². The van der Waals surface area contributed by atoms with E-state index in [4.69, 9.17) is 4.74 Å². The molecule has 0 aromatic heterocycles. The number of hydrogen-bond acceptors (Lipinski definition) is 3. The van der Waals surface area contributed by atoms with Gasteiger partial charge in [-0.15, -0.1) is 0 Å². The summed E-state index contributed by atoms with van der Waals surface area (Å²) < 4.78 is 5.38. The third kappa shape index (κ3) is 9.71. The van der Waals surface area contributed by atoms with Crippen LogP contribution in [0.2, 0.25) is 0 Å². The first-order chi connectivity index (χ1) is 11.8. The Kier molecular flexibility index (Phi) is 12.1. The number of hydrogen-bond donors (Lipinski definition) is 1. The molecule has 0 spiro atoms. The molecule has 0 aliphatic rings. The highest BCUT2D eigenvalue weighted by molar-refractivity contribution is 5.89. The van der Waals surface area contributed by atoms with Gasteiger partial charge in [-0.25, -0.2) is 4.79 Å². The van der Waals surface area contributed by atoms with Gasteiger partial charge in [-0.1, -0.05) is 82.9 Å². The zero-order chi connectivity index (χ0) is 17.5. The zero-order valence-corrected chi connectivity index (χ0v) is 15.2. The largest absolute Gasteiger partial charge is 0.456 e. The standard InChI is InChI=1S/C21H34O3/c1-2-3-4-5-6-7-8-9-10-14-17-20(18-22)24-21(23)19-15-12-11-13-16-19/h11-13,15-16,20,22H,2-10,14,17-18H2,1H3/t20-/m0/s1. The van der Waals surface area contributed by atoms with Gasteiger partial charge in [-0.3, -0.25) is 0 Å². The van der Waals surface area contributed by atoms with Crippen LogP contribution in [0, 0.1) is 0 Å². The van der Waals surface area contributed by atoms with E-state index in [1.165, 1.54) is 51.4 Å². The lowest BCUT2D eigenvalue weighted by atomic mass is 10.0. The predicted molar refractivity (Wildman–Crippen MR) is 99.2 cm³/mol. The molecule has 0 saturated carbocycles. The molecule has 3 heteroatoms. The molecule has 1 aromatic carbocycles. The third-order valence-electron chi connectivity index (χ3n) is 4.37. The maximum atomic E-state index is 12.0. The van der Waals surface area contributed by atoms with Crippen LogP contribution in [0.25, 0.3) is 0 Å². The van der Waals surface area contributed by atoms with Gasteiger partial charge in [0.25, 0.3) is 0 Å². The van der Waals surface area contributed by atoms with Crippen LogP contribution >= 0.6 is 0 Å². The van der Waals surface area contributed by atoms with Gasteiger partial charge in [0, 0.05) is 0 Å². The zero-order valence-electron chi connectivity index (χ0n) is 15.2. The molecular weight excluding hydrogens is 300 g/mol. The molecule has 3 nitrogen and oxygen atoms in total. The van der Waals surface area contributed by atoms with Crippen molar-refractivity contribution in [2.45, 2.75) is 83.7 Å². The van der Waals surface area contributed by atoms with Crippen molar-refractivity contribution < 1.29 is 14.6 Å². The molecule has 24 heavy (non-hydrogen) atoms. The summed E-state index contributed by atoms with van der Waals surface area (Å²) in [6.07, 6.45) is 13.1. The van der Waals surface area contributed by atoms with Crippen LogP contribution in [0.3, 0.4) is 0 Å². The van der Waals surface area contributed by atoms with Gasteiger partial charge in [0.2, 0.25) is 0 Å². The highest BCUT2D eigenvalue weighted by Gasteiger charge is 2.14. The van der Waals surface area contributed by atoms with Gasteiger partial charge in [-0.05, 0) is 25.0 Å². The highest BCUT2D eigenvalue weighted by atomic mass is 16.6. The maximum Gasteiger partial charge on any atom is 0.338 e. The van der Waals surface area contributed by atoms with E-state index in [2.05, 4.69) is 6.92 Å². The Balaban J connectivity index is 2.05. The summed E-state index contributed by atoms with van der Waals surface area (Å²) in [4.78, 5) is 12.0. The number of ether oxygens (including phenoxy) is 1. The van der Waals surface area contributed by atoms with E-state index < -0.39 is 0 Å². The molecule has 0 saturated heterocycles. The maximum absolute atomic E-state index is 12.0. The van der Waals surface area contributed by atoms with E-state index >= 15 is 0 Å². The summed E-state index contributed by atoms with van der Waals surface area (Å²) in [6.45, 7) is 2.15. The second-order valence-corrected chi connectivity index (χ2v) is 6.55. The molecule has 1 atom stereocenters. The van der Waals surface area contributed by atoms with Crippen molar-refractivity contribution in [3.63, 3.8) is 0 Å². The lowest BCUT2D eigenvalue weighted by Crippen LogP contribution is -2.22. The molecule has 1 N–H and O–H groups in total. The Bertz CT molecular complexity index is 416. The highest BCUT2D eigenvalue weighted by Crippen LogP contribution is 2.14. The van der Waals surface area contributed by atoms with Crippen LogP contribution in [0.1, 0.15) is 87.9 Å². The first-order valence-corrected chi connectivity index (χ1v) is 9.64. The van der Waals surface area contributed by atoms with E-state index in [0.29, 0.717) is 5.56 Å². The number of carbonyl (C=O) groups excluding carboxylic acids is 1. The Hall–Kier alpha value is -1.35. The van der Waals surface area contributed by atoms with Gasteiger partial charge in [0.05, 0.1) is 12.2 Å². The molecule has 0 aliphatic carbocycles. The number of rotatable bonds is 14. The summed E-state index contributed by atoms with van der Waals surface area (Å²) in [7, 11) is 0. The van der Waals surface area contributed by atoms with Crippen molar-refractivity contribution in [3.05, 3.63) is 35.9 Å². The molecular formula is C21H34O3. The summed E-state index contributed by atoms with van der Waals surface area (Å²) in [5.74, 6) is -0.346. The average Bonchev–Trinajstić information content (AvgIpc) is 2.62. The Morgan fingerprint density at radius 3 is 2.00 bits per heavy atom. The number of aliphatic hydroxyl groups is 1. The van der Waals surface area contributed by atoms with E-state index in [9.17, 15) is 9.90 Å². The molecule has 1 rings (SSSR count). The monoisotopic (exact) mass is 334 g/mol. The summed E-state index contributed by atoms with van der Waals surface area (Å²) in [5.41, 5.74) is 0.541. The number of aliphatic hydroxyl groups excluding tert-OH is 1. The lowest BCUT2D eigenvalue weighted by molar-refractivity contribution is 0.0107. The second kappa shape index (κ2) is 14.0. The smallest absolute Gasteiger partial charge is 0.338 e. The molecule has 0 heterocycles. The van der Waals surface area contributed by atoms with Crippen LogP contribution in [0.15, 0.2) is 30.3 Å². The van der Waals surface area contributed by atoms with Crippen molar-refractivity contribution in [2.24, 2.45) is 0 Å². The van der Waals surface area contributed by atoms with Crippen molar-refractivity contribution >= 4 is 5.97 Å². The molecule has 136 valence electrons. The first-order valence-electron chi connectivity index (χ1n) is 9.64. The number of unbranched alkanes of at least 4 members (excludes halogenated alkanes) is 9. The predicted octanol–water partition coefficient (Wildman–Crippen LogP) is 5.52. The Labute approximate surface area is 147 Å². The average molecular weight is 334 g/mol. The Morgan fingerprint density at radius 2 is 1.46 bits per heavy atom. The summed E-state index contributed by atoms with van der Waals surface area (Å²) >= 11 is 0. The molecule has 1 aromatic rings. The van der Waals surface area contributed by atoms with E-state index in [0.717, 1.165) is 19.3 Å². The van der Waals surface area contributed by atoms with Crippen molar-refractivity contribution in [1.29, 1.82) is 0 Å². The van der Waals surface area contributed by atoms with Crippen molar-refractivity contribution in [2.75, 3.05) is 6.61 Å². The van der Waals surface area contributed by atoms with Crippen molar-refractivity contribution in [3.8, 4) is 0 Å². The molecule has 0 unspecified atom stereocenters. The van der Waals surface area contributed by atoms with Crippen LogP contribution in [-0.4, -0.2) is 23.8 Å². The number of carbonyl (C=O) groups is 1. The van der Waals surface area contributed by atoms with E-state index in [-0.39, 0.29) is 18.7 Å². The van der Waals surface area contributed by atoms with Crippen LogP contribution in [0.5, 0.6) is 0 Å². The normalized spacial score (nSPS) is 12.1. The minimum Gasteiger partial charge on any atom is -0.456 e. The summed E-state index contributed by atoms with van der Waals surface area (Å²) in [6, 6.07) is 8.96. The van der Waals surface area contributed by atoms with Crippen LogP contribution in [0.4, 0.5) is 0 Å². The SMILES string of the molecule is CCCCCCCCCCCC[C@@H](CO)OC(=O)c1ccccc1. The van der Waals surface area contributed by atoms with Gasteiger partial charge < -0.3 is 9.84 Å². The topological polar surface area (TPSA) is 46.5 Å². The minimum atomic E-state index is -0.383. The fourth-order valence-corrected chi connectivity index (χ4v) is 2.84. The lowest BCUT2D eigenvalue weighted by Gasteiger charge is -2.15. The van der Waals surface area contributed by atoms with Gasteiger partial charge in [0.15, 0.2) is 0 Å². The molecule has 0 amide bonds. The van der Waals surface area contributed by atoms with Gasteiger partial charge in [-0.2, -0.15) is 0 Å². The summed E-state index contributed by atoms with van der Waals surface area (Å²) in [5, 5.41) is 9.39. The quantitative estimate of drug-likeness (QED) is 0.360. The number of esters is 1. The number of benzene rings is 1. The molecule has 0 bridgehead atoms.